The molecule has 1 amide bonds. The molecule has 0 aliphatic heterocycles. The van der Waals surface area contributed by atoms with E-state index in [4.69, 9.17) is 0 Å². The number of benzene rings is 1. The Hall–Kier alpha value is -1.55. The van der Waals surface area contributed by atoms with Gasteiger partial charge in [-0.2, -0.15) is 0 Å². The van der Waals surface area contributed by atoms with Crippen LogP contribution in [0.25, 0.3) is 0 Å². The Balaban J connectivity index is 1.98. The van der Waals surface area contributed by atoms with E-state index in [0.29, 0.717) is 6.54 Å². The summed E-state index contributed by atoms with van der Waals surface area (Å²) in [5.41, 5.74) is 0.282. The van der Waals surface area contributed by atoms with Crippen LogP contribution in [0.15, 0.2) is 30.3 Å². The van der Waals surface area contributed by atoms with E-state index in [0.717, 1.165) is 18.4 Å². The lowest BCUT2D eigenvalue weighted by Gasteiger charge is -2.46. The second kappa shape index (κ2) is 5.21. The predicted molar refractivity (Wildman–Crippen MR) is 72.8 cm³/mol. The zero-order chi connectivity index (χ0) is 14.0. The first kappa shape index (κ1) is 13.9. The molecule has 0 spiro atoms. The summed E-state index contributed by atoms with van der Waals surface area (Å²) in [5.74, 6) is 0.190. The minimum atomic E-state index is -0.886. The Morgan fingerprint density at radius 2 is 1.89 bits per heavy atom. The maximum atomic E-state index is 11.4. The first-order valence-corrected chi connectivity index (χ1v) is 6.64. The van der Waals surface area contributed by atoms with Gasteiger partial charge < -0.3 is 15.1 Å². The summed E-state index contributed by atoms with van der Waals surface area (Å²) in [6.07, 6.45) is 0.591. The second-order valence-corrected chi connectivity index (χ2v) is 5.87. The van der Waals surface area contributed by atoms with Crippen LogP contribution in [0.1, 0.15) is 32.3 Å². The molecule has 0 bridgehead atoms. The third-order valence-corrected chi connectivity index (χ3v) is 3.99. The lowest BCUT2D eigenvalue weighted by molar-refractivity contribution is -0.0556. The van der Waals surface area contributed by atoms with Crippen molar-refractivity contribution in [2.24, 2.45) is 5.92 Å². The third kappa shape index (κ3) is 3.26. The lowest BCUT2D eigenvalue weighted by Crippen LogP contribution is -2.52. The molecule has 1 saturated carbocycles. The van der Waals surface area contributed by atoms with Crippen LogP contribution in [-0.2, 0) is 6.54 Å². The normalized spacial score (nSPS) is 22.7. The average molecular weight is 263 g/mol. The van der Waals surface area contributed by atoms with Crippen molar-refractivity contribution in [2.75, 3.05) is 0 Å². The molecule has 2 N–H and O–H groups in total. The summed E-state index contributed by atoms with van der Waals surface area (Å²) in [6.45, 7) is 3.99. The molecule has 1 aromatic carbocycles. The van der Waals surface area contributed by atoms with Gasteiger partial charge in [0.25, 0.3) is 0 Å². The van der Waals surface area contributed by atoms with E-state index in [9.17, 15) is 15.0 Å². The van der Waals surface area contributed by atoms with Crippen molar-refractivity contribution in [3.8, 4) is 0 Å². The van der Waals surface area contributed by atoms with E-state index in [1.165, 1.54) is 4.90 Å². The molecule has 19 heavy (non-hydrogen) atoms. The van der Waals surface area contributed by atoms with E-state index < -0.39 is 11.7 Å². The first-order valence-electron chi connectivity index (χ1n) is 6.64. The highest BCUT2D eigenvalue weighted by Gasteiger charge is 2.42. The molecule has 0 heterocycles. The predicted octanol–water partition coefficient (Wildman–Crippen LogP) is 2.72. The summed E-state index contributed by atoms with van der Waals surface area (Å²) in [7, 11) is 0. The van der Waals surface area contributed by atoms with Crippen molar-refractivity contribution >= 4 is 6.09 Å². The number of nitrogens with zero attached hydrogens (tertiary/aromatic N) is 1. The number of hydrogen-bond donors (Lipinski definition) is 2. The van der Waals surface area contributed by atoms with Crippen LogP contribution in [0, 0.1) is 5.92 Å². The van der Waals surface area contributed by atoms with Crippen molar-refractivity contribution in [1.29, 1.82) is 0 Å². The summed E-state index contributed by atoms with van der Waals surface area (Å²) in [4.78, 5) is 12.8. The van der Waals surface area contributed by atoms with Crippen LogP contribution in [0.3, 0.4) is 0 Å². The second-order valence-electron chi connectivity index (χ2n) is 5.87. The topological polar surface area (TPSA) is 60.8 Å². The minimum Gasteiger partial charge on any atom is -0.465 e. The Labute approximate surface area is 113 Å². The molecular formula is C15H21NO3. The first-order chi connectivity index (χ1) is 8.88. The Morgan fingerprint density at radius 1 is 1.32 bits per heavy atom. The lowest BCUT2D eigenvalue weighted by atomic mass is 9.70. The molecule has 1 aromatic rings. The maximum absolute atomic E-state index is 11.4. The highest BCUT2D eigenvalue weighted by Crippen LogP contribution is 2.39. The number of carbonyl (C=O) groups is 1. The average Bonchev–Trinajstić information content (AvgIpc) is 2.25. The quantitative estimate of drug-likeness (QED) is 0.878. The summed E-state index contributed by atoms with van der Waals surface area (Å²) < 4.78 is 0. The van der Waals surface area contributed by atoms with Gasteiger partial charge in [-0.25, -0.2) is 4.79 Å². The van der Waals surface area contributed by atoms with Crippen LogP contribution >= 0.6 is 0 Å². The van der Waals surface area contributed by atoms with Crippen molar-refractivity contribution in [2.45, 2.75) is 44.9 Å². The van der Waals surface area contributed by atoms with Gasteiger partial charge in [0.2, 0.25) is 0 Å². The van der Waals surface area contributed by atoms with E-state index in [-0.39, 0.29) is 12.0 Å². The van der Waals surface area contributed by atoms with Gasteiger partial charge in [-0.3, -0.25) is 0 Å². The number of amides is 1. The van der Waals surface area contributed by atoms with Crippen LogP contribution < -0.4 is 0 Å². The minimum absolute atomic E-state index is 0.0223. The number of carboxylic acid groups (broad SMARTS) is 1. The number of hydrogen-bond acceptors (Lipinski definition) is 2. The Kier molecular flexibility index (Phi) is 3.80. The van der Waals surface area contributed by atoms with Crippen molar-refractivity contribution in [3.63, 3.8) is 0 Å². The highest BCUT2D eigenvalue weighted by atomic mass is 16.4. The maximum Gasteiger partial charge on any atom is 0.407 e. The molecule has 0 aromatic heterocycles. The Morgan fingerprint density at radius 3 is 2.37 bits per heavy atom. The largest absolute Gasteiger partial charge is 0.465 e. The van der Waals surface area contributed by atoms with Crippen LogP contribution in [0.2, 0.25) is 0 Å². The summed E-state index contributed by atoms with van der Waals surface area (Å²) >= 11 is 0. The third-order valence-electron chi connectivity index (χ3n) is 3.99. The standard InChI is InChI=1S/C15H21NO3/c1-15(2,19)12-8-13(9-12)16(14(17)18)10-11-6-4-3-5-7-11/h3-7,12-13,19H,8-10H2,1-2H3,(H,17,18). The molecule has 4 heteroatoms. The highest BCUT2D eigenvalue weighted by molar-refractivity contribution is 5.65. The van der Waals surface area contributed by atoms with E-state index >= 15 is 0 Å². The van der Waals surface area contributed by atoms with E-state index in [2.05, 4.69) is 0 Å². The molecule has 0 saturated heterocycles. The van der Waals surface area contributed by atoms with Gasteiger partial charge in [-0.05, 0) is 38.2 Å². The van der Waals surface area contributed by atoms with Gasteiger partial charge in [-0.15, -0.1) is 0 Å². The van der Waals surface area contributed by atoms with Gasteiger partial charge in [0.1, 0.15) is 0 Å². The SMILES string of the molecule is CC(C)(O)C1CC(N(Cc2ccccc2)C(=O)O)C1. The number of rotatable bonds is 4. The molecule has 1 aliphatic rings. The van der Waals surface area contributed by atoms with Crippen LogP contribution in [0.4, 0.5) is 4.79 Å². The molecule has 1 aliphatic carbocycles. The molecule has 104 valence electrons. The van der Waals surface area contributed by atoms with E-state index in [1.807, 2.05) is 30.3 Å². The summed E-state index contributed by atoms with van der Waals surface area (Å²) in [5, 5.41) is 19.2. The smallest absolute Gasteiger partial charge is 0.407 e. The van der Waals surface area contributed by atoms with Crippen molar-refractivity contribution in [3.05, 3.63) is 35.9 Å². The molecule has 0 atom stereocenters. The molecule has 4 nitrogen and oxygen atoms in total. The van der Waals surface area contributed by atoms with Gasteiger partial charge in [0.15, 0.2) is 0 Å². The molecule has 2 rings (SSSR count). The Bertz CT molecular complexity index is 432. The fraction of sp³-hybridized carbons (Fsp3) is 0.533. The van der Waals surface area contributed by atoms with Crippen LogP contribution in [-0.4, -0.2) is 32.8 Å². The molecule has 0 radical (unpaired) electrons. The van der Waals surface area contributed by atoms with Gasteiger partial charge in [0.05, 0.1) is 5.60 Å². The van der Waals surface area contributed by atoms with Gasteiger partial charge in [0, 0.05) is 12.6 Å². The zero-order valence-corrected chi connectivity index (χ0v) is 11.4. The molecule has 1 fully saturated rings. The van der Waals surface area contributed by atoms with Gasteiger partial charge >= 0.3 is 6.09 Å². The fourth-order valence-corrected chi connectivity index (χ4v) is 2.55. The molecular weight excluding hydrogens is 242 g/mol. The monoisotopic (exact) mass is 263 g/mol. The van der Waals surface area contributed by atoms with Crippen molar-refractivity contribution < 1.29 is 15.0 Å². The van der Waals surface area contributed by atoms with Crippen molar-refractivity contribution in [1.82, 2.24) is 4.90 Å². The number of aliphatic hydroxyl groups is 1. The van der Waals surface area contributed by atoms with Gasteiger partial charge in [-0.1, -0.05) is 30.3 Å². The van der Waals surface area contributed by atoms with E-state index in [1.54, 1.807) is 13.8 Å². The van der Waals surface area contributed by atoms with Crippen LogP contribution in [0.5, 0.6) is 0 Å². The zero-order valence-electron chi connectivity index (χ0n) is 11.4. The fourth-order valence-electron chi connectivity index (χ4n) is 2.55. The summed E-state index contributed by atoms with van der Waals surface area (Å²) in [6, 6.07) is 9.63. The molecule has 0 unspecified atom stereocenters.